The smallest absolute Gasteiger partial charge is 0.161 e. The fourth-order valence-electron chi connectivity index (χ4n) is 4.56. The summed E-state index contributed by atoms with van der Waals surface area (Å²) < 4.78 is 18.4. The van der Waals surface area contributed by atoms with Crippen molar-refractivity contribution in [1.29, 1.82) is 0 Å². The van der Waals surface area contributed by atoms with Gasteiger partial charge in [0.15, 0.2) is 17.7 Å². The Balaban J connectivity index is 1.70. The van der Waals surface area contributed by atoms with Gasteiger partial charge in [-0.3, -0.25) is 0 Å². The molecule has 166 valence electrons. The molecule has 5 rings (SSSR count). The van der Waals surface area contributed by atoms with E-state index in [0.29, 0.717) is 12.4 Å². The third-order valence-electron chi connectivity index (χ3n) is 6.04. The van der Waals surface area contributed by atoms with Gasteiger partial charge in [-0.05, 0) is 36.2 Å². The van der Waals surface area contributed by atoms with Crippen molar-refractivity contribution < 1.29 is 14.2 Å². The van der Waals surface area contributed by atoms with Gasteiger partial charge >= 0.3 is 0 Å². The molecule has 0 saturated heterocycles. The number of ether oxygens (including phenoxy) is 3. The van der Waals surface area contributed by atoms with Gasteiger partial charge in [-0.2, -0.15) is 0 Å². The van der Waals surface area contributed by atoms with Crippen molar-refractivity contribution in [2.24, 2.45) is 0 Å². The summed E-state index contributed by atoms with van der Waals surface area (Å²) in [7, 11) is 1.66. The molecule has 4 nitrogen and oxygen atoms in total. The summed E-state index contributed by atoms with van der Waals surface area (Å²) in [4.78, 5) is 0. The largest absolute Gasteiger partial charge is 0.493 e. The lowest BCUT2D eigenvalue weighted by Gasteiger charge is -2.44. The van der Waals surface area contributed by atoms with Gasteiger partial charge in [0.2, 0.25) is 0 Å². The van der Waals surface area contributed by atoms with Crippen molar-refractivity contribution >= 4 is 5.69 Å². The van der Waals surface area contributed by atoms with Crippen LogP contribution in [0, 0.1) is 0 Å². The first kappa shape index (κ1) is 21.1. The van der Waals surface area contributed by atoms with E-state index in [0.717, 1.165) is 33.7 Å². The summed E-state index contributed by atoms with van der Waals surface area (Å²) in [5.74, 6) is 1.40. The van der Waals surface area contributed by atoms with E-state index in [1.54, 1.807) is 7.11 Å². The Morgan fingerprint density at radius 2 is 1.42 bits per heavy atom. The second-order valence-corrected chi connectivity index (χ2v) is 7.94. The maximum Gasteiger partial charge on any atom is 0.161 e. The van der Waals surface area contributed by atoms with E-state index in [-0.39, 0.29) is 0 Å². The molecule has 1 heterocycles. The predicted octanol–water partition coefficient (Wildman–Crippen LogP) is 6.53. The normalized spacial score (nSPS) is 16.4. The highest BCUT2D eigenvalue weighted by atomic mass is 16.5. The monoisotopic (exact) mass is 437 g/mol. The zero-order valence-corrected chi connectivity index (χ0v) is 18.8. The first-order valence-corrected chi connectivity index (χ1v) is 11.2. The van der Waals surface area contributed by atoms with Gasteiger partial charge in [0.25, 0.3) is 0 Å². The number of fused-ring (bicyclic) bond motifs is 1. The maximum atomic E-state index is 7.05. The lowest BCUT2D eigenvalue weighted by Crippen LogP contribution is -2.40. The molecule has 1 unspecified atom stereocenters. The Morgan fingerprint density at radius 1 is 0.788 bits per heavy atom. The van der Waals surface area contributed by atoms with E-state index in [2.05, 4.69) is 72.0 Å². The average molecular weight is 438 g/mol. The molecule has 0 bridgehead atoms. The predicted molar refractivity (Wildman–Crippen MR) is 131 cm³/mol. The van der Waals surface area contributed by atoms with E-state index < -0.39 is 11.8 Å². The highest BCUT2D eigenvalue weighted by Crippen LogP contribution is 2.50. The third kappa shape index (κ3) is 3.73. The summed E-state index contributed by atoms with van der Waals surface area (Å²) in [6.07, 6.45) is -0.398. The molecule has 0 aromatic heterocycles. The molecule has 0 amide bonds. The minimum Gasteiger partial charge on any atom is -0.493 e. The lowest BCUT2D eigenvalue weighted by atomic mass is 9.78. The Bertz CT molecular complexity index is 1180. The summed E-state index contributed by atoms with van der Waals surface area (Å²) >= 11 is 0. The van der Waals surface area contributed by atoms with Crippen molar-refractivity contribution in [2.75, 3.05) is 19.0 Å². The molecule has 4 aromatic carbocycles. The number of benzene rings is 4. The van der Waals surface area contributed by atoms with Gasteiger partial charge in [-0.15, -0.1) is 0 Å². The second kappa shape index (κ2) is 9.00. The minimum absolute atomic E-state index is 0.398. The molecule has 4 heteroatoms. The number of methoxy groups -OCH3 is 1. The molecule has 4 aromatic rings. The summed E-state index contributed by atoms with van der Waals surface area (Å²) in [6, 6.07) is 35.1. The lowest BCUT2D eigenvalue weighted by molar-refractivity contribution is -0.0433. The Hall–Kier alpha value is -3.76. The van der Waals surface area contributed by atoms with E-state index in [4.69, 9.17) is 14.2 Å². The topological polar surface area (TPSA) is 39.7 Å². The fourth-order valence-corrected chi connectivity index (χ4v) is 4.56. The summed E-state index contributed by atoms with van der Waals surface area (Å²) in [5, 5.41) is 3.59. The molecule has 1 N–H and O–H groups in total. The van der Waals surface area contributed by atoms with Crippen molar-refractivity contribution in [3.8, 4) is 11.5 Å². The molecule has 0 aliphatic carbocycles. The first-order chi connectivity index (χ1) is 16.3. The zero-order valence-electron chi connectivity index (χ0n) is 18.8. The van der Waals surface area contributed by atoms with Gasteiger partial charge in [-0.25, -0.2) is 0 Å². The molecule has 0 saturated carbocycles. The maximum absolute atomic E-state index is 7.05. The van der Waals surface area contributed by atoms with Crippen LogP contribution in [0.5, 0.6) is 11.5 Å². The van der Waals surface area contributed by atoms with Gasteiger partial charge in [0.1, 0.15) is 5.60 Å². The van der Waals surface area contributed by atoms with Crippen LogP contribution in [0.2, 0.25) is 0 Å². The summed E-state index contributed by atoms with van der Waals surface area (Å²) in [6.45, 7) is 2.54. The van der Waals surface area contributed by atoms with Crippen LogP contribution in [0.1, 0.15) is 35.4 Å². The van der Waals surface area contributed by atoms with Crippen LogP contribution in [0.15, 0.2) is 103 Å². The molecule has 1 atom stereocenters. The van der Waals surface area contributed by atoms with Crippen molar-refractivity contribution in [1.82, 2.24) is 0 Å². The minimum atomic E-state index is -0.777. The molecule has 1 aliphatic rings. The molecule has 0 spiro atoms. The second-order valence-electron chi connectivity index (χ2n) is 7.94. The number of rotatable bonds is 6. The number of hydrogen-bond donors (Lipinski definition) is 1. The SMILES string of the molecule is CCOc1ccc(C2Nc3ccccc3C(c3ccccc3)(c3ccccc3)O2)cc1OC. The Labute approximate surface area is 194 Å². The van der Waals surface area contributed by atoms with Crippen LogP contribution < -0.4 is 14.8 Å². The van der Waals surface area contributed by atoms with Gasteiger partial charge in [-0.1, -0.05) is 84.9 Å². The molecular weight excluding hydrogens is 410 g/mol. The Morgan fingerprint density at radius 3 is 2.06 bits per heavy atom. The molecule has 0 radical (unpaired) electrons. The first-order valence-electron chi connectivity index (χ1n) is 11.2. The zero-order chi connectivity index (χ0) is 22.7. The standard InChI is InChI=1S/C29H27NO3/c1-3-32-26-19-18-21(20-27(26)31-2)28-30-25-17-11-10-16-24(25)29(33-28,22-12-6-4-7-13-22)23-14-8-5-9-15-23/h4-20,28,30H,3H2,1-2H3. The average Bonchev–Trinajstić information content (AvgIpc) is 2.89. The highest BCUT2D eigenvalue weighted by molar-refractivity contribution is 5.64. The van der Waals surface area contributed by atoms with E-state index in [1.807, 2.05) is 43.3 Å². The number of anilines is 1. The summed E-state index contributed by atoms with van der Waals surface area (Å²) in [5.41, 5.74) is 4.45. The van der Waals surface area contributed by atoms with Crippen molar-refractivity contribution in [3.05, 3.63) is 125 Å². The van der Waals surface area contributed by atoms with Crippen LogP contribution in [-0.4, -0.2) is 13.7 Å². The van der Waals surface area contributed by atoms with Crippen molar-refractivity contribution in [3.63, 3.8) is 0 Å². The highest BCUT2D eigenvalue weighted by Gasteiger charge is 2.45. The number of para-hydroxylation sites is 1. The quantitative estimate of drug-likeness (QED) is 0.372. The van der Waals surface area contributed by atoms with Gasteiger partial charge in [0.05, 0.1) is 13.7 Å². The van der Waals surface area contributed by atoms with Crippen LogP contribution in [0.3, 0.4) is 0 Å². The van der Waals surface area contributed by atoms with Gasteiger partial charge in [0, 0.05) is 16.8 Å². The van der Waals surface area contributed by atoms with Crippen LogP contribution in [0.25, 0.3) is 0 Å². The molecule has 33 heavy (non-hydrogen) atoms. The fraction of sp³-hybridized carbons (Fsp3) is 0.172. The van der Waals surface area contributed by atoms with E-state index in [1.165, 1.54) is 0 Å². The van der Waals surface area contributed by atoms with E-state index >= 15 is 0 Å². The Kier molecular flexibility index (Phi) is 5.76. The van der Waals surface area contributed by atoms with Crippen LogP contribution >= 0.6 is 0 Å². The van der Waals surface area contributed by atoms with Crippen LogP contribution in [0.4, 0.5) is 5.69 Å². The molecule has 0 fully saturated rings. The molecule has 1 aliphatic heterocycles. The van der Waals surface area contributed by atoms with E-state index in [9.17, 15) is 0 Å². The van der Waals surface area contributed by atoms with Gasteiger partial charge < -0.3 is 19.5 Å². The molecular formula is C29H27NO3. The number of hydrogen-bond acceptors (Lipinski definition) is 4. The van der Waals surface area contributed by atoms with Crippen LogP contribution in [-0.2, 0) is 10.3 Å². The van der Waals surface area contributed by atoms with Crippen molar-refractivity contribution in [2.45, 2.75) is 18.8 Å². The third-order valence-corrected chi connectivity index (χ3v) is 6.04. The number of nitrogens with one attached hydrogen (secondary N) is 1.